The SMILES string of the molecule is COC(=O)[C@H](Cc1ccc(Oc2ccc(C(C)=O)cc2)cc1)NC(c1ccccc1)(c1ccccc1)c1ccccc1. The number of ketones is 1. The summed E-state index contributed by atoms with van der Waals surface area (Å²) in [6.45, 7) is 1.54. The van der Waals surface area contributed by atoms with Gasteiger partial charge in [-0.05, 0) is 72.0 Å². The summed E-state index contributed by atoms with van der Waals surface area (Å²) in [6.07, 6.45) is 0.397. The Balaban J connectivity index is 1.47. The van der Waals surface area contributed by atoms with E-state index >= 15 is 0 Å². The largest absolute Gasteiger partial charge is 0.468 e. The molecule has 5 rings (SSSR count). The lowest BCUT2D eigenvalue weighted by Gasteiger charge is -2.39. The Kier molecular flexibility index (Phi) is 8.90. The minimum atomic E-state index is -0.822. The smallest absolute Gasteiger partial charge is 0.323 e. The van der Waals surface area contributed by atoms with E-state index in [9.17, 15) is 9.59 Å². The third-order valence-corrected chi connectivity index (χ3v) is 7.36. The molecule has 0 heterocycles. The summed E-state index contributed by atoms with van der Waals surface area (Å²) < 4.78 is 11.3. The average molecular weight is 556 g/mol. The Hall–Kier alpha value is -5.00. The highest BCUT2D eigenvalue weighted by Crippen LogP contribution is 2.37. The van der Waals surface area contributed by atoms with Crippen LogP contribution in [0.1, 0.15) is 39.5 Å². The molecule has 5 aromatic rings. The zero-order chi connectivity index (χ0) is 29.4. The maximum Gasteiger partial charge on any atom is 0.323 e. The summed E-state index contributed by atoms with van der Waals surface area (Å²) in [4.78, 5) is 24.9. The number of rotatable bonds is 11. The van der Waals surface area contributed by atoms with E-state index in [1.807, 2.05) is 78.9 Å². The summed E-state index contributed by atoms with van der Waals surface area (Å²) >= 11 is 0. The monoisotopic (exact) mass is 555 g/mol. The molecule has 0 aliphatic heterocycles. The molecule has 0 radical (unpaired) electrons. The van der Waals surface area contributed by atoms with Gasteiger partial charge < -0.3 is 9.47 Å². The summed E-state index contributed by atoms with van der Waals surface area (Å²) in [6, 6.07) is 44.5. The quantitative estimate of drug-likeness (QED) is 0.105. The molecule has 1 atom stereocenters. The van der Waals surface area contributed by atoms with E-state index in [1.54, 1.807) is 24.3 Å². The van der Waals surface area contributed by atoms with Crippen LogP contribution in [-0.4, -0.2) is 24.9 Å². The van der Waals surface area contributed by atoms with Gasteiger partial charge in [0.2, 0.25) is 0 Å². The van der Waals surface area contributed by atoms with Crippen LogP contribution in [0.2, 0.25) is 0 Å². The summed E-state index contributed by atoms with van der Waals surface area (Å²) in [5, 5.41) is 3.75. The molecule has 0 aliphatic carbocycles. The van der Waals surface area contributed by atoms with Crippen molar-refractivity contribution < 1.29 is 19.1 Å². The van der Waals surface area contributed by atoms with Crippen LogP contribution in [0.15, 0.2) is 140 Å². The number of esters is 1. The first-order chi connectivity index (χ1) is 20.5. The first-order valence-corrected chi connectivity index (χ1v) is 13.9. The second-order valence-electron chi connectivity index (χ2n) is 10.1. The number of hydrogen-bond donors (Lipinski definition) is 1. The number of ether oxygens (including phenoxy) is 2. The van der Waals surface area contributed by atoms with Gasteiger partial charge in [0.05, 0.1) is 12.6 Å². The molecule has 0 bridgehead atoms. The Morgan fingerprint density at radius 2 is 1.07 bits per heavy atom. The van der Waals surface area contributed by atoms with Gasteiger partial charge in [-0.15, -0.1) is 0 Å². The minimum Gasteiger partial charge on any atom is -0.468 e. The van der Waals surface area contributed by atoms with Crippen molar-refractivity contribution in [1.82, 2.24) is 5.32 Å². The van der Waals surface area contributed by atoms with Gasteiger partial charge in [0.1, 0.15) is 17.5 Å². The van der Waals surface area contributed by atoms with Crippen molar-refractivity contribution in [2.75, 3.05) is 7.11 Å². The highest BCUT2D eigenvalue weighted by Gasteiger charge is 2.40. The van der Waals surface area contributed by atoms with E-state index in [2.05, 4.69) is 41.7 Å². The van der Waals surface area contributed by atoms with Crippen LogP contribution in [-0.2, 0) is 21.5 Å². The fraction of sp³-hybridized carbons (Fsp3) is 0.135. The van der Waals surface area contributed by atoms with E-state index < -0.39 is 11.6 Å². The summed E-state index contributed by atoms with van der Waals surface area (Å²) in [5.41, 5.74) is 3.79. The van der Waals surface area contributed by atoms with Gasteiger partial charge >= 0.3 is 5.97 Å². The topological polar surface area (TPSA) is 64.6 Å². The molecule has 210 valence electrons. The molecule has 5 nitrogen and oxygen atoms in total. The fourth-order valence-corrected chi connectivity index (χ4v) is 5.23. The van der Waals surface area contributed by atoms with Gasteiger partial charge in [0, 0.05) is 5.56 Å². The Morgan fingerprint density at radius 3 is 1.48 bits per heavy atom. The Morgan fingerprint density at radius 1 is 0.643 bits per heavy atom. The molecule has 42 heavy (non-hydrogen) atoms. The molecule has 0 saturated carbocycles. The van der Waals surface area contributed by atoms with Crippen LogP contribution in [0.4, 0.5) is 0 Å². The van der Waals surface area contributed by atoms with Crippen LogP contribution in [0.3, 0.4) is 0 Å². The van der Waals surface area contributed by atoms with E-state index in [0.717, 1.165) is 22.3 Å². The number of Topliss-reactive ketones (excluding diaryl/α,β-unsaturated/α-hetero) is 1. The highest BCUT2D eigenvalue weighted by atomic mass is 16.5. The highest BCUT2D eigenvalue weighted by molar-refractivity contribution is 5.94. The molecule has 0 spiro atoms. The first-order valence-electron chi connectivity index (χ1n) is 13.9. The normalized spacial score (nSPS) is 11.9. The summed E-state index contributed by atoms with van der Waals surface area (Å²) in [7, 11) is 1.42. The van der Waals surface area contributed by atoms with E-state index in [-0.39, 0.29) is 11.8 Å². The predicted octanol–water partition coefficient (Wildman–Crippen LogP) is 7.35. The lowest BCUT2D eigenvalue weighted by molar-refractivity contribution is -0.143. The molecule has 0 unspecified atom stereocenters. The van der Waals surface area contributed by atoms with Gasteiger partial charge in [0.15, 0.2) is 5.78 Å². The van der Waals surface area contributed by atoms with Crippen molar-refractivity contribution in [3.05, 3.63) is 167 Å². The van der Waals surface area contributed by atoms with E-state index in [4.69, 9.17) is 9.47 Å². The predicted molar refractivity (Wildman–Crippen MR) is 165 cm³/mol. The third-order valence-electron chi connectivity index (χ3n) is 7.36. The molecule has 0 saturated heterocycles. The Labute approximate surface area is 246 Å². The molecule has 0 aliphatic rings. The van der Waals surface area contributed by atoms with Crippen molar-refractivity contribution in [3.63, 3.8) is 0 Å². The van der Waals surface area contributed by atoms with Crippen molar-refractivity contribution >= 4 is 11.8 Å². The minimum absolute atomic E-state index is 0.00971. The maximum atomic E-state index is 13.3. The van der Waals surface area contributed by atoms with Crippen molar-refractivity contribution in [2.45, 2.75) is 24.9 Å². The Bertz CT molecular complexity index is 1500. The number of carbonyl (C=O) groups is 2. The van der Waals surface area contributed by atoms with Crippen LogP contribution in [0.5, 0.6) is 11.5 Å². The van der Waals surface area contributed by atoms with Crippen LogP contribution in [0.25, 0.3) is 0 Å². The van der Waals surface area contributed by atoms with Crippen molar-refractivity contribution in [2.24, 2.45) is 0 Å². The molecular weight excluding hydrogens is 522 g/mol. The molecule has 5 heteroatoms. The van der Waals surface area contributed by atoms with Gasteiger partial charge in [-0.1, -0.05) is 103 Å². The lowest BCUT2D eigenvalue weighted by atomic mass is 9.76. The van der Waals surface area contributed by atoms with Crippen molar-refractivity contribution in [3.8, 4) is 11.5 Å². The number of carbonyl (C=O) groups excluding carboxylic acids is 2. The van der Waals surface area contributed by atoms with Crippen LogP contribution < -0.4 is 10.1 Å². The number of methoxy groups -OCH3 is 1. The standard InChI is InChI=1S/C37H33NO4/c1-27(39)29-20-24-34(25-21-29)42-33-22-18-28(19-23-33)26-35(36(40)41-2)38-37(30-12-6-3-7-13-30,31-14-8-4-9-15-31)32-16-10-5-11-17-32/h3-25,35,38H,26H2,1-2H3/t35-/m0/s1. The average Bonchev–Trinajstić information content (AvgIpc) is 3.05. The fourth-order valence-electron chi connectivity index (χ4n) is 5.23. The van der Waals surface area contributed by atoms with Crippen LogP contribution >= 0.6 is 0 Å². The number of nitrogens with one attached hydrogen (secondary N) is 1. The molecule has 0 amide bonds. The molecule has 0 aromatic heterocycles. The molecule has 0 fully saturated rings. The van der Waals surface area contributed by atoms with Gasteiger partial charge in [-0.3, -0.25) is 14.9 Å². The third kappa shape index (κ3) is 6.32. The number of benzene rings is 5. The van der Waals surface area contributed by atoms with E-state index in [1.165, 1.54) is 14.0 Å². The van der Waals surface area contributed by atoms with Crippen LogP contribution in [0, 0.1) is 0 Å². The zero-order valence-electron chi connectivity index (χ0n) is 23.7. The molecular formula is C37H33NO4. The van der Waals surface area contributed by atoms with Gasteiger partial charge in [-0.25, -0.2) is 0 Å². The second-order valence-corrected chi connectivity index (χ2v) is 10.1. The molecule has 5 aromatic carbocycles. The maximum absolute atomic E-state index is 13.3. The second kappa shape index (κ2) is 13.1. The van der Waals surface area contributed by atoms with Gasteiger partial charge in [0.25, 0.3) is 0 Å². The van der Waals surface area contributed by atoms with Crippen molar-refractivity contribution in [1.29, 1.82) is 0 Å². The number of hydrogen-bond acceptors (Lipinski definition) is 5. The first kappa shape index (κ1) is 28.5. The summed E-state index contributed by atoms with van der Waals surface area (Å²) in [5.74, 6) is 0.952. The zero-order valence-corrected chi connectivity index (χ0v) is 23.7. The van der Waals surface area contributed by atoms with E-state index in [0.29, 0.717) is 23.5 Å². The lowest BCUT2D eigenvalue weighted by Crippen LogP contribution is -2.53. The molecule has 1 N–H and O–H groups in total. The van der Waals surface area contributed by atoms with Gasteiger partial charge in [-0.2, -0.15) is 0 Å².